The zero-order valence-electron chi connectivity index (χ0n) is 17.7. The first-order chi connectivity index (χ1) is 14.5. The number of aromatic hydroxyl groups is 1. The van der Waals surface area contributed by atoms with E-state index < -0.39 is 0 Å². The van der Waals surface area contributed by atoms with Crippen molar-refractivity contribution in [2.75, 3.05) is 7.11 Å². The van der Waals surface area contributed by atoms with E-state index >= 15 is 0 Å². The largest absolute Gasteiger partial charge is 0.506 e. The Bertz CT molecular complexity index is 1080. The van der Waals surface area contributed by atoms with Crippen LogP contribution in [-0.4, -0.2) is 28.1 Å². The molecule has 154 valence electrons. The normalized spacial score (nSPS) is 15.7. The lowest BCUT2D eigenvalue weighted by atomic mass is 9.97. The van der Waals surface area contributed by atoms with Crippen LogP contribution in [0.2, 0.25) is 0 Å². The fourth-order valence-electron chi connectivity index (χ4n) is 3.46. The van der Waals surface area contributed by atoms with Crippen molar-refractivity contribution in [2.45, 2.75) is 27.2 Å². The smallest absolute Gasteiger partial charge is 0.338 e. The minimum Gasteiger partial charge on any atom is -0.506 e. The molecule has 0 bridgehead atoms. The standard InChI is InChI=1S/C25H26N2O3/c1-5-17(2)24(19-11-6-7-12-20(19)25(29)30-4)27-16-9-8-13-21(27)18(3)23-22(28)14-10-15-26-23/h6-16,28H,5H2,1-4H3/b21-18+,24-17?. The number of nitrogens with zero attached hydrogens (tertiary/aromatic N) is 2. The Morgan fingerprint density at radius 2 is 1.83 bits per heavy atom. The van der Waals surface area contributed by atoms with E-state index in [-0.39, 0.29) is 11.7 Å². The second-order valence-corrected chi connectivity index (χ2v) is 6.97. The Balaban J connectivity index is 2.24. The topological polar surface area (TPSA) is 62.7 Å². The van der Waals surface area contributed by atoms with Gasteiger partial charge in [-0.25, -0.2) is 4.79 Å². The maximum atomic E-state index is 12.5. The summed E-state index contributed by atoms with van der Waals surface area (Å²) in [5.41, 5.74) is 5.53. The molecule has 5 heteroatoms. The average Bonchev–Trinajstić information content (AvgIpc) is 2.79. The van der Waals surface area contributed by atoms with Crippen molar-refractivity contribution >= 4 is 17.2 Å². The molecule has 1 aliphatic heterocycles. The van der Waals surface area contributed by atoms with Crippen LogP contribution in [0, 0.1) is 0 Å². The van der Waals surface area contributed by atoms with Gasteiger partial charge < -0.3 is 14.7 Å². The van der Waals surface area contributed by atoms with E-state index in [0.717, 1.165) is 34.5 Å². The number of esters is 1. The fourth-order valence-corrected chi connectivity index (χ4v) is 3.46. The molecule has 0 fully saturated rings. The van der Waals surface area contributed by atoms with Gasteiger partial charge in [0.15, 0.2) is 0 Å². The van der Waals surface area contributed by atoms with E-state index in [1.165, 1.54) is 7.11 Å². The zero-order chi connectivity index (χ0) is 21.7. The molecule has 0 saturated heterocycles. The molecule has 1 N–H and O–H groups in total. The van der Waals surface area contributed by atoms with Crippen LogP contribution in [0.4, 0.5) is 0 Å². The van der Waals surface area contributed by atoms with Gasteiger partial charge in [0, 0.05) is 23.5 Å². The SMILES string of the molecule is CCC(C)=C(c1ccccc1C(=O)OC)N1C=CC=C/C1=C(/C)c1ncccc1O. The number of allylic oxidation sites excluding steroid dienone is 5. The van der Waals surface area contributed by atoms with Gasteiger partial charge >= 0.3 is 5.97 Å². The first kappa shape index (κ1) is 21.1. The van der Waals surface area contributed by atoms with Crippen molar-refractivity contribution in [2.24, 2.45) is 0 Å². The molecule has 2 heterocycles. The molecule has 1 aromatic heterocycles. The van der Waals surface area contributed by atoms with E-state index in [2.05, 4.69) is 18.8 Å². The molecular weight excluding hydrogens is 376 g/mol. The lowest BCUT2D eigenvalue weighted by Crippen LogP contribution is -2.20. The predicted octanol–water partition coefficient (Wildman–Crippen LogP) is 5.53. The zero-order valence-corrected chi connectivity index (χ0v) is 17.7. The number of aromatic nitrogens is 1. The minimum absolute atomic E-state index is 0.123. The molecule has 0 radical (unpaired) electrons. The monoisotopic (exact) mass is 402 g/mol. The molecule has 0 atom stereocenters. The van der Waals surface area contributed by atoms with Crippen molar-refractivity contribution in [1.82, 2.24) is 9.88 Å². The third-order valence-electron chi connectivity index (χ3n) is 5.15. The molecule has 0 spiro atoms. The summed E-state index contributed by atoms with van der Waals surface area (Å²) in [6.45, 7) is 6.07. The van der Waals surface area contributed by atoms with Crippen LogP contribution in [0.15, 0.2) is 78.3 Å². The van der Waals surface area contributed by atoms with Crippen molar-refractivity contribution in [3.05, 3.63) is 95.1 Å². The van der Waals surface area contributed by atoms with Crippen LogP contribution in [-0.2, 0) is 4.74 Å². The van der Waals surface area contributed by atoms with Crippen molar-refractivity contribution < 1.29 is 14.6 Å². The van der Waals surface area contributed by atoms with E-state index in [9.17, 15) is 9.90 Å². The third kappa shape index (κ3) is 4.06. The van der Waals surface area contributed by atoms with Gasteiger partial charge in [0.2, 0.25) is 0 Å². The highest BCUT2D eigenvalue weighted by Gasteiger charge is 2.24. The van der Waals surface area contributed by atoms with E-state index in [1.807, 2.05) is 54.5 Å². The molecule has 0 amide bonds. The average molecular weight is 402 g/mol. The van der Waals surface area contributed by atoms with Gasteiger partial charge in [-0.15, -0.1) is 0 Å². The van der Waals surface area contributed by atoms with Crippen LogP contribution in [0.5, 0.6) is 5.75 Å². The van der Waals surface area contributed by atoms with Crippen molar-refractivity contribution in [1.29, 1.82) is 0 Å². The maximum Gasteiger partial charge on any atom is 0.338 e. The second kappa shape index (κ2) is 9.27. The number of hydrogen-bond acceptors (Lipinski definition) is 5. The Morgan fingerprint density at radius 3 is 2.50 bits per heavy atom. The highest BCUT2D eigenvalue weighted by Crippen LogP contribution is 2.36. The van der Waals surface area contributed by atoms with Gasteiger partial charge in [0.1, 0.15) is 11.4 Å². The van der Waals surface area contributed by atoms with E-state index in [0.29, 0.717) is 11.3 Å². The number of methoxy groups -OCH3 is 1. The van der Waals surface area contributed by atoms with Gasteiger partial charge in [-0.2, -0.15) is 0 Å². The van der Waals surface area contributed by atoms with Crippen LogP contribution >= 0.6 is 0 Å². The van der Waals surface area contributed by atoms with Gasteiger partial charge in [-0.05, 0) is 56.2 Å². The number of benzene rings is 1. The molecule has 0 aliphatic carbocycles. The van der Waals surface area contributed by atoms with Crippen LogP contribution in [0.1, 0.15) is 48.8 Å². The summed E-state index contributed by atoms with van der Waals surface area (Å²) in [4.78, 5) is 18.9. The number of pyridine rings is 1. The molecule has 3 rings (SSSR count). The molecule has 0 unspecified atom stereocenters. The summed E-state index contributed by atoms with van der Waals surface area (Å²) < 4.78 is 5.02. The van der Waals surface area contributed by atoms with E-state index in [1.54, 1.807) is 24.4 Å². The summed E-state index contributed by atoms with van der Waals surface area (Å²) in [7, 11) is 1.39. The van der Waals surface area contributed by atoms with Crippen LogP contribution in [0.25, 0.3) is 11.3 Å². The highest BCUT2D eigenvalue weighted by molar-refractivity contribution is 5.96. The predicted molar refractivity (Wildman–Crippen MR) is 119 cm³/mol. The Hall–Kier alpha value is -3.60. The Morgan fingerprint density at radius 1 is 1.10 bits per heavy atom. The Labute approximate surface area is 177 Å². The summed E-state index contributed by atoms with van der Waals surface area (Å²) in [5, 5.41) is 10.3. The van der Waals surface area contributed by atoms with Crippen LogP contribution < -0.4 is 0 Å². The summed E-state index contributed by atoms with van der Waals surface area (Å²) in [6.07, 6.45) is 10.3. The molecule has 0 saturated carbocycles. The maximum absolute atomic E-state index is 12.5. The fraction of sp³-hybridized carbons (Fsp3) is 0.200. The molecule has 5 nitrogen and oxygen atoms in total. The Kier molecular flexibility index (Phi) is 6.52. The van der Waals surface area contributed by atoms with Gasteiger partial charge in [-0.1, -0.05) is 31.2 Å². The number of rotatable bonds is 5. The summed E-state index contributed by atoms with van der Waals surface area (Å²) in [6, 6.07) is 10.8. The lowest BCUT2D eigenvalue weighted by Gasteiger charge is -2.31. The number of hydrogen-bond donors (Lipinski definition) is 1. The van der Waals surface area contributed by atoms with Crippen molar-refractivity contribution in [3.8, 4) is 5.75 Å². The summed E-state index contributed by atoms with van der Waals surface area (Å²) >= 11 is 0. The van der Waals surface area contributed by atoms with Gasteiger partial charge in [0.05, 0.1) is 24.1 Å². The third-order valence-corrected chi connectivity index (χ3v) is 5.15. The quantitative estimate of drug-likeness (QED) is 0.666. The lowest BCUT2D eigenvalue weighted by molar-refractivity contribution is 0.0600. The van der Waals surface area contributed by atoms with Gasteiger partial charge in [0.25, 0.3) is 0 Å². The minimum atomic E-state index is -0.381. The highest BCUT2D eigenvalue weighted by atomic mass is 16.5. The molecule has 1 aliphatic rings. The molecule has 2 aromatic rings. The first-order valence-corrected chi connectivity index (χ1v) is 9.86. The van der Waals surface area contributed by atoms with E-state index in [4.69, 9.17) is 4.74 Å². The molecule has 30 heavy (non-hydrogen) atoms. The first-order valence-electron chi connectivity index (χ1n) is 9.86. The second-order valence-electron chi connectivity index (χ2n) is 6.97. The molecule has 1 aromatic carbocycles. The van der Waals surface area contributed by atoms with Gasteiger partial charge in [-0.3, -0.25) is 4.98 Å². The summed E-state index contributed by atoms with van der Waals surface area (Å²) in [5.74, 6) is -0.258. The van der Waals surface area contributed by atoms with Crippen LogP contribution in [0.3, 0.4) is 0 Å². The molecular formula is C25H26N2O3. The number of carbonyl (C=O) groups excluding carboxylic acids is 1. The number of ether oxygens (including phenoxy) is 1. The van der Waals surface area contributed by atoms with Crippen molar-refractivity contribution in [3.63, 3.8) is 0 Å². The number of carbonyl (C=O) groups is 1.